The second-order valence-corrected chi connectivity index (χ2v) is 8.60. The lowest BCUT2D eigenvalue weighted by Crippen LogP contribution is -2.24. The van der Waals surface area contributed by atoms with Gasteiger partial charge < -0.3 is 10.5 Å². The predicted octanol–water partition coefficient (Wildman–Crippen LogP) is 2.46. The van der Waals surface area contributed by atoms with Gasteiger partial charge in [0.2, 0.25) is 11.1 Å². The van der Waals surface area contributed by atoms with Gasteiger partial charge in [0.1, 0.15) is 10.7 Å². The van der Waals surface area contributed by atoms with E-state index in [0.717, 1.165) is 35.9 Å². The van der Waals surface area contributed by atoms with E-state index in [1.54, 1.807) is 23.0 Å². The maximum absolute atomic E-state index is 13.3. The lowest BCUT2D eigenvalue weighted by molar-refractivity contribution is 0.189. The Morgan fingerprint density at radius 2 is 2.11 bits per heavy atom. The number of hydrogen-bond donors (Lipinski definition) is 1. The summed E-state index contributed by atoms with van der Waals surface area (Å²) in [6.07, 6.45) is 4.49. The van der Waals surface area contributed by atoms with Gasteiger partial charge in [-0.2, -0.15) is 9.97 Å². The lowest BCUT2D eigenvalue weighted by atomic mass is 10.2. The Bertz CT molecular complexity index is 1080. The monoisotopic (exact) mass is 418 g/mol. The number of rotatable bonds is 7. The first-order valence-electron chi connectivity index (χ1n) is 9.33. The standard InChI is InChI=1S/C18H22N6O2S2/c1-3-12-20-16(19)23-17(21-12)28-18-22-14-13(10-6-4-7-11(10)27-14)15(25)24(18)8-5-9-26-2/h3-9H2,1-2H3,(H2,19,20,21,23). The molecule has 8 nitrogen and oxygen atoms in total. The van der Waals surface area contributed by atoms with E-state index in [-0.39, 0.29) is 11.5 Å². The molecule has 0 aromatic carbocycles. The SMILES string of the molecule is CCc1nc(N)nc(Sc2nc3sc4c(c3c(=O)n2CCCOC)CCC4)n1. The van der Waals surface area contributed by atoms with Crippen LogP contribution in [0, 0.1) is 0 Å². The molecule has 1 aliphatic rings. The first-order chi connectivity index (χ1) is 13.6. The number of aryl methyl sites for hydroxylation is 3. The van der Waals surface area contributed by atoms with Gasteiger partial charge in [-0.15, -0.1) is 11.3 Å². The third-order valence-electron chi connectivity index (χ3n) is 4.70. The molecule has 0 amide bonds. The summed E-state index contributed by atoms with van der Waals surface area (Å²) in [6.45, 7) is 3.07. The van der Waals surface area contributed by atoms with Crippen molar-refractivity contribution in [2.75, 3.05) is 19.5 Å². The third kappa shape index (κ3) is 3.63. The average molecular weight is 419 g/mol. The highest BCUT2D eigenvalue weighted by Crippen LogP contribution is 2.36. The first-order valence-corrected chi connectivity index (χ1v) is 11.0. The van der Waals surface area contributed by atoms with Crippen molar-refractivity contribution in [1.82, 2.24) is 24.5 Å². The van der Waals surface area contributed by atoms with Gasteiger partial charge in [-0.3, -0.25) is 9.36 Å². The summed E-state index contributed by atoms with van der Waals surface area (Å²) in [5, 5.41) is 1.82. The van der Waals surface area contributed by atoms with Gasteiger partial charge in [-0.25, -0.2) is 9.97 Å². The van der Waals surface area contributed by atoms with Gasteiger partial charge in [0, 0.05) is 31.6 Å². The van der Waals surface area contributed by atoms with Gasteiger partial charge in [-0.1, -0.05) is 6.92 Å². The minimum Gasteiger partial charge on any atom is -0.385 e. The van der Waals surface area contributed by atoms with Crippen molar-refractivity contribution in [1.29, 1.82) is 0 Å². The van der Waals surface area contributed by atoms with Crippen molar-refractivity contribution in [3.05, 3.63) is 26.6 Å². The molecule has 3 heterocycles. The highest BCUT2D eigenvalue weighted by molar-refractivity contribution is 7.99. The molecule has 4 rings (SSSR count). The molecule has 0 radical (unpaired) electrons. The number of nitrogen functional groups attached to an aromatic ring is 1. The van der Waals surface area contributed by atoms with Crippen molar-refractivity contribution >= 4 is 39.3 Å². The zero-order valence-electron chi connectivity index (χ0n) is 15.9. The van der Waals surface area contributed by atoms with Crippen molar-refractivity contribution in [2.24, 2.45) is 0 Å². The number of methoxy groups -OCH3 is 1. The van der Waals surface area contributed by atoms with E-state index in [4.69, 9.17) is 15.5 Å². The van der Waals surface area contributed by atoms with E-state index < -0.39 is 0 Å². The van der Waals surface area contributed by atoms with Gasteiger partial charge in [-0.05, 0) is 43.0 Å². The van der Waals surface area contributed by atoms with Crippen LogP contribution in [0.3, 0.4) is 0 Å². The first kappa shape index (κ1) is 19.3. The summed E-state index contributed by atoms with van der Waals surface area (Å²) in [7, 11) is 1.66. The van der Waals surface area contributed by atoms with Crippen LogP contribution in [0.2, 0.25) is 0 Å². The number of hydrogen-bond acceptors (Lipinski definition) is 9. The van der Waals surface area contributed by atoms with Gasteiger partial charge in [0.25, 0.3) is 5.56 Å². The molecule has 0 spiro atoms. The number of anilines is 1. The van der Waals surface area contributed by atoms with E-state index >= 15 is 0 Å². The van der Waals surface area contributed by atoms with Crippen LogP contribution in [0.15, 0.2) is 15.1 Å². The predicted molar refractivity (Wildman–Crippen MR) is 110 cm³/mol. The van der Waals surface area contributed by atoms with E-state index in [1.807, 2.05) is 6.92 Å². The van der Waals surface area contributed by atoms with Crippen molar-refractivity contribution in [2.45, 2.75) is 55.9 Å². The molecule has 148 valence electrons. The maximum atomic E-state index is 13.3. The molecule has 28 heavy (non-hydrogen) atoms. The number of aromatic nitrogens is 5. The molecule has 0 saturated carbocycles. The van der Waals surface area contributed by atoms with Gasteiger partial charge in [0.05, 0.1) is 5.39 Å². The fourth-order valence-electron chi connectivity index (χ4n) is 3.40. The van der Waals surface area contributed by atoms with Crippen LogP contribution >= 0.6 is 23.1 Å². The highest BCUT2D eigenvalue weighted by atomic mass is 32.2. The summed E-state index contributed by atoms with van der Waals surface area (Å²) in [6, 6.07) is 0. The molecule has 0 aliphatic heterocycles. The van der Waals surface area contributed by atoms with E-state index in [0.29, 0.717) is 35.7 Å². The number of thiophene rings is 1. The molecular weight excluding hydrogens is 396 g/mol. The Hall–Kier alpha value is -2.04. The minimum absolute atomic E-state index is 0.0146. The normalized spacial score (nSPS) is 13.4. The molecule has 0 saturated heterocycles. The minimum atomic E-state index is 0.0146. The number of nitrogens with two attached hydrogens (primary N) is 1. The Morgan fingerprint density at radius 1 is 1.25 bits per heavy atom. The zero-order valence-corrected chi connectivity index (χ0v) is 17.5. The molecule has 0 bridgehead atoms. The Labute approximate surface area is 170 Å². The maximum Gasteiger partial charge on any atom is 0.263 e. The third-order valence-corrected chi connectivity index (χ3v) is 6.74. The molecule has 3 aromatic heterocycles. The summed E-state index contributed by atoms with van der Waals surface area (Å²) in [4.78, 5) is 33.0. The van der Waals surface area contributed by atoms with E-state index in [1.165, 1.54) is 22.2 Å². The van der Waals surface area contributed by atoms with Gasteiger partial charge >= 0.3 is 0 Å². The molecule has 10 heteroatoms. The smallest absolute Gasteiger partial charge is 0.263 e. The molecule has 0 unspecified atom stereocenters. The van der Waals surface area contributed by atoms with Crippen LogP contribution in [-0.4, -0.2) is 38.2 Å². The Kier molecular flexibility index (Phi) is 5.61. The lowest BCUT2D eigenvalue weighted by Gasteiger charge is -2.12. The van der Waals surface area contributed by atoms with E-state index in [2.05, 4.69) is 15.0 Å². The van der Waals surface area contributed by atoms with Crippen LogP contribution in [0.5, 0.6) is 0 Å². The topological polar surface area (TPSA) is 109 Å². The highest BCUT2D eigenvalue weighted by Gasteiger charge is 2.24. The fourth-order valence-corrected chi connectivity index (χ4v) is 5.59. The van der Waals surface area contributed by atoms with Crippen LogP contribution in [0.25, 0.3) is 10.2 Å². The van der Waals surface area contributed by atoms with Crippen LogP contribution in [0.1, 0.15) is 36.0 Å². The summed E-state index contributed by atoms with van der Waals surface area (Å²) < 4.78 is 6.89. The Balaban J connectivity index is 1.80. The quantitative estimate of drug-likeness (QED) is 0.460. The number of ether oxygens (including phenoxy) is 1. The van der Waals surface area contributed by atoms with Crippen LogP contribution in [-0.2, 0) is 30.5 Å². The summed E-state index contributed by atoms with van der Waals surface area (Å²) in [5.41, 5.74) is 7.02. The largest absolute Gasteiger partial charge is 0.385 e. The van der Waals surface area contributed by atoms with Crippen LogP contribution in [0.4, 0.5) is 5.95 Å². The zero-order chi connectivity index (χ0) is 19.7. The average Bonchev–Trinajstić information content (AvgIpc) is 3.24. The molecular formula is C18H22N6O2S2. The molecule has 2 N–H and O–H groups in total. The van der Waals surface area contributed by atoms with Crippen molar-refractivity contribution < 1.29 is 4.74 Å². The molecule has 0 atom stereocenters. The summed E-state index contributed by atoms with van der Waals surface area (Å²) >= 11 is 2.89. The van der Waals surface area contributed by atoms with Crippen molar-refractivity contribution in [3.8, 4) is 0 Å². The fraction of sp³-hybridized carbons (Fsp3) is 0.500. The van der Waals surface area contributed by atoms with Crippen molar-refractivity contribution in [3.63, 3.8) is 0 Å². The van der Waals surface area contributed by atoms with Gasteiger partial charge in [0.15, 0.2) is 5.16 Å². The van der Waals surface area contributed by atoms with E-state index in [9.17, 15) is 4.79 Å². The number of fused-ring (bicyclic) bond motifs is 3. The number of nitrogens with zero attached hydrogens (tertiary/aromatic N) is 5. The molecule has 3 aromatic rings. The molecule has 0 fully saturated rings. The molecule has 1 aliphatic carbocycles. The second-order valence-electron chi connectivity index (χ2n) is 6.58. The summed E-state index contributed by atoms with van der Waals surface area (Å²) in [5.74, 6) is 0.804. The van der Waals surface area contributed by atoms with Crippen LogP contribution < -0.4 is 11.3 Å². The Morgan fingerprint density at radius 3 is 2.89 bits per heavy atom. The second kappa shape index (κ2) is 8.14.